The van der Waals surface area contributed by atoms with Crippen LogP contribution in [0.4, 0.5) is 10.9 Å². The Bertz CT molecular complexity index is 412. The molecule has 94 valence electrons. The molecule has 4 N–H and O–H groups in total. The Labute approximate surface area is 105 Å². The van der Waals surface area contributed by atoms with Crippen molar-refractivity contribution >= 4 is 28.2 Å². The predicted octanol–water partition coefficient (Wildman–Crippen LogP) is 1.69. The Morgan fingerprint density at radius 1 is 1.59 bits per heavy atom. The Morgan fingerprint density at radius 3 is 2.88 bits per heavy atom. The quantitative estimate of drug-likeness (QED) is 0.747. The number of nitrogen functional groups attached to an aromatic ring is 1. The van der Waals surface area contributed by atoms with Crippen LogP contribution in [0.25, 0.3) is 0 Å². The van der Waals surface area contributed by atoms with Gasteiger partial charge in [-0.1, -0.05) is 25.2 Å². The van der Waals surface area contributed by atoms with Gasteiger partial charge in [-0.3, -0.25) is 4.79 Å². The molecule has 0 aliphatic heterocycles. The van der Waals surface area contributed by atoms with Crippen molar-refractivity contribution in [3.63, 3.8) is 0 Å². The van der Waals surface area contributed by atoms with Crippen molar-refractivity contribution in [2.24, 2.45) is 5.92 Å². The lowest BCUT2D eigenvalue weighted by Crippen LogP contribution is -2.25. The van der Waals surface area contributed by atoms with Crippen molar-refractivity contribution in [2.45, 2.75) is 32.7 Å². The molecule has 0 saturated heterocycles. The van der Waals surface area contributed by atoms with Crippen LogP contribution in [-0.2, 0) is 0 Å². The summed E-state index contributed by atoms with van der Waals surface area (Å²) in [6.07, 6.45) is 2.14. The van der Waals surface area contributed by atoms with Gasteiger partial charge in [-0.2, -0.15) is 0 Å². The molecule has 0 bridgehead atoms. The average Bonchev–Trinajstić information content (AvgIpc) is 2.97. The van der Waals surface area contributed by atoms with Crippen LogP contribution in [0.5, 0.6) is 0 Å². The van der Waals surface area contributed by atoms with Crippen molar-refractivity contribution in [1.82, 2.24) is 10.3 Å². The maximum Gasteiger partial charge on any atom is 0.265 e. The molecule has 1 heterocycles. The monoisotopic (exact) mass is 254 g/mol. The fraction of sp³-hybridized carbons (Fsp3) is 0.636. The molecule has 1 fully saturated rings. The van der Waals surface area contributed by atoms with Crippen LogP contribution >= 0.6 is 11.3 Å². The number of nitrogens with two attached hydrogens (primary N) is 1. The lowest BCUT2D eigenvalue weighted by Gasteiger charge is -2.04. The fourth-order valence-corrected chi connectivity index (χ4v) is 2.13. The molecule has 17 heavy (non-hydrogen) atoms. The van der Waals surface area contributed by atoms with Crippen molar-refractivity contribution in [3.05, 3.63) is 4.88 Å². The molecule has 0 radical (unpaired) electrons. The zero-order chi connectivity index (χ0) is 12.4. The molecule has 1 aliphatic rings. The lowest BCUT2D eigenvalue weighted by molar-refractivity contribution is 0.0956. The molecule has 0 atom stereocenters. The van der Waals surface area contributed by atoms with Gasteiger partial charge in [0.05, 0.1) is 0 Å². The van der Waals surface area contributed by atoms with Crippen LogP contribution in [0, 0.1) is 5.92 Å². The van der Waals surface area contributed by atoms with Gasteiger partial charge in [0.2, 0.25) is 0 Å². The minimum atomic E-state index is -0.0971. The molecule has 0 spiro atoms. The molecule has 1 saturated carbocycles. The normalized spacial score (nSPS) is 15.0. The Hall–Kier alpha value is -1.30. The maximum absolute atomic E-state index is 11.8. The van der Waals surface area contributed by atoms with Gasteiger partial charge in [0.25, 0.3) is 5.91 Å². The number of amides is 1. The molecular formula is C11H18N4OS. The number of hydrogen-bond donors (Lipinski definition) is 3. The minimum Gasteiger partial charge on any atom is -0.382 e. The van der Waals surface area contributed by atoms with Crippen LogP contribution in [-0.4, -0.2) is 23.5 Å². The topological polar surface area (TPSA) is 80.0 Å². The van der Waals surface area contributed by atoms with Crippen molar-refractivity contribution in [1.29, 1.82) is 0 Å². The third kappa shape index (κ3) is 3.33. The number of nitrogens with one attached hydrogen (secondary N) is 2. The summed E-state index contributed by atoms with van der Waals surface area (Å²) in [6, 6.07) is 0.344. The first-order valence-corrected chi connectivity index (χ1v) is 6.69. The van der Waals surface area contributed by atoms with E-state index < -0.39 is 0 Å². The second-order valence-electron chi connectivity index (χ2n) is 4.76. The summed E-state index contributed by atoms with van der Waals surface area (Å²) in [7, 11) is 0. The highest BCUT2D eigenvalue weighted by Gasteiger charge is 2.26. The largest absolute Gasteiger partial charge is 0.382 e. The SMILES string of the molecule is CC(C)CNc1nc(N)c(C(=O)NC2CC2)s1. The Morgan fingerprint density at radius 2 is 2.29 bits per heavy atom. The minimum absolute atomic E-state index is 0.0971. The Balaban J connectivity index is 1.99. The third-order valence-electron chi connectivity index (χ3n) is 2.43. The predicted molar refractivity (Wildman–Crippen MR) is 70.3 cm³/mol. The van der Waals surface area contributed by atoms with Crippen molar-refractivity contribution < 1.29 is 4.79 Å². The van der Waals surface area contributed by atoms with Crippen LogP contribution in [0.1, 0.15) is 36.4 Å². The summed E-state index contributed by atoms with van der Waals surface area (Å²) >= 11 is 1.32. The van der Waals surface area contributed by atoms with Crippen LogP contribution in [0.15, 0.2) is 0 Å². The van der Waals surface area contributed by atoms with Crippen molar-refractivity contribution in [2.75, 3.05) is 17.6 Å². The van der Waals surface area contributed by atoms with Crippen molar-refractivity contribution in [3.8, 4) is 0 Å². The molecule has 2 rings (SSSR count). The van der Waals surface area contributed by atoms with E-state index >= 15 is 0 Å². The molecule has 0 aromatic carbocycles. The molecule has 1 aromatic rings. The summed E-state index contributed by atoms with van der Waals surface area (Å²) in [5, 5.41) is 6.81. The lowest BCUT2D eigenvalue weighted by atomic mass is 10.2. The highest BCUT2D eigenvalue weighted by atomic mass is 32.1. The number of thiazole rings is 1. The first kappa shape index (κ1) is 12.2. The zero-order valence-corrected chi connectivity index (χ0v) is 10.9. The summed E-state index contributed by atoms with van der Waals surface area (Å²) < 4.78 is 0. The fourth-order valence-electron chi connectivity index (χ4n) is 1.34. The molecule has 5 nitrogen and oxygen atoms in total. The van der Waals surface area contributed by atoms with Gasteiger partial charge in [-0.25, -0.2) is 4.98 Å². The summed E-state index contributed by atoms with van der Waals surface area (Å²) in [5.41, 5.74) is 5.74. The summed E-state index contributed by atoms with van der Waals surface area (Å²) in [6.45, 7) is 5.06. The van der Waals surface area contributed by atoms with E-state index in [1.165, 1.54) is 11.3 Å². The van der Waals surface area contributed by atoms with Gasteiger partial charge in [0, 0.05) is 12.6 Å². The number of aromatic nitrogens is 1. The number of rotatable bonds is 5. The van der Waals surface area contributed by atoms with E-state index in [2.05, 4.69) is 29.5 Å². The van der Waals surface area contributed by atoms with Gasteiger partial charge in [-0.05, 0) is 18.8 Å². The van der Waals surface area contributed by atoms with Crippen LogP contribution < -0.4 is 16.4 Å². The Kier molecular flexibility index (Phi) is 3.51. The molecule has 1 aliphatic carbocycles. The number of hydrogen-bond acceptors (Lipinski definition) is 5. The second kappa shape index (κ2) is 4.91. The molecular weight excluding hydrogens is 236 g/mol. The standard InChI is InChI=1S/C11H18N4OS/c1-6(2)5-13-11-15-9(12)8(17-11)10(16)14-7-3-4-7/h6-7H,3-5,12H2,1-2H3,(H,13,15)(H,14,16). The van der Waals surface area contributed by atoms with E-state index in [0.717, 1.165) is 24.5 Å². The first-order chi connectivity index (χ1) is 8.06. The highest BCUT2D eigenvalue weighted by Crippen LogP contribution is 2.26. The van der Waals surface area contributed by atoms with Gasteiger partial charge in [0.1, 0.15) is 10.7 Å². The zero-order valence-electron chi connectivity index (χ0n) is 10.1. The first-order valence-electron chi connectivity index (χ1n) is 5.87. The summed E-state index contributed by atoms with van der Waals surface area (Å²) in [5.74, 6) is 0.753. The molecule has 0 unspecified atom stereocenters. The second-order valence-corrected chi connectivity index (χ2v) is 5.75. The van der Waals surface area contributed by atoms with E-state index in [4.69, 9.17) is 5.73 Å². The maximum atomic E-state index is 11.8. The van der Waals surface area contributed by atoms with Crippen LogP contribution in [0.3, 0.4) is 0 Å². The van der Waals surface area contributed by atoms with Gasteiger partial charge in [0.15, 0.2) is 5.13 Å². The van der Waals surface area contributed by atoms with E-state index in [1.807, 2.05) is 0 Å². The highest BCUT2D eigenvalue weighted by molar-refractivity contribution is 7.18. The van der Waals surface area contributed by atoms with Gasteiger partial charge in [-0.15, -0.1) is 0 Å². The number of anilines is 2. The van der Waals surface area contributed by atoms with E-state index in [0.29, 0.717) is 22.7 Å². The van der Waals surface area contributed by atoms with Gasteiger partial charge < -0.3 is 16.4 Å². The number of carbonyl (C=O) groups excluding carboxylic acids is 1. The number of nitrogens with zero attached hydrogens (tertiary/aromatic N) is 1. The number of carbonyl (C=O) groups is 1. The van der Waals surface area contributed by atoms with Crippen LogP contribution in [0.2, 0.25) is 0 Å². The smallest absolute Gasteiger partial charge is 0.265 e. The molecule has 6 heteroatoms. The van der Waals surface area contributed by atoms with Gasteiger partial charge >= 0.3 is 0 Å². The summed E-state index contributed by atoms with van der Waals surface area (Å²) in [4.78, 5) is 16.5. The molecule has 1 amide bonds. The van der Waals surface area contributed by atoms with E-state index in [1.54, 1.807) is 0 Å². The molecule has 1 aromatic heterocycles. The third-order valence-corrected chi connectivity index (χ3v) is 3.46. The van der Waals surface area contributed by atoms with E-state index in [-0.39, 0.29) is 5.91 Å². The average molecular weight is 254 g/mol. The van der Waals surface area contributed by atoms with E-state index in [9.17, 15) is 4.79 Å².